The van der Waals surface area contributed by atoms with Crippen LogP contribution in [-0.2, 0) is 6.42 Å². The summed E-state index contributed by atoms with van der Waals surface area (Å²) in [6.07, 6.45) is 10.6. The summed E-state index contributed by atoms with van der Waals surface area (Å²) in [4.78, 5) is 21.8. The predicted octanol–water partition coefficient (Wildman–Crippen LogP) is 3.88. The van der Waals surface area contributed by atoms with Gasteiger partial charge >= 0.3 is 0 Å². The molecule has 1 aliphatic carbocycles. The molecule has 4 heterocycles. The number of rotatable bonds is 3. The van der Waals surface area contributed by atoms with Crippen LogP contribution in [0.5, 0.6) is 0 Å². The van der Waals surface area contributed by atoms with E-state index in [2.05, 4.69) is 32.8 Å². The Morgan fingerprint density at radius 1 is 1.03 bits per heavy atom. The number of nitrogens with zero attached hydrogens (tertiary/aromatic N) is 5. The molecule has 2 N–H and O–H groups in total. The van der Waals surface area contributed by atoms with Crippen molar-refractivity contribution in [1.82, 2.24) is 19.9 Å². The van der Waals surface area contributed by atoms with Gasteiger partial charge in [-0.05, 0) is 61.8 Å². The smallest absolute Gasteiger partial charge is 0.147 e. The zero-order valence-corrected chi connectivity index (χ0v) is 18.2. The molecule has 1 atom stereocenters. The third-order valence-corrected chi connectivity index (χ3v) is 7.84. The highest BCUT2D eigenvalue weighted by molar-refractivity contribution is 7.99. The fourth-order valence-electron chi connectivity index (χ4n) is 4.69. The molecule has 30 heavy (non-hydrogen) atoms. The Morgan fingerprint density at radius 3 is 2.60 bits per heavy atom. The van der Waals surface area contributed by atoms with Gasteiger partial charge in [-0.3, -0.25) is 9.97 Å². The highest BCUT2D eigenvalue weighted by Crippen LogP contribution is 2.50. The van der Waals surface area contributed by atoms with Gasteiger partial charge in [0, 0.05) is 47.8 Å². The van der Waals surface area contributed by atoms with Crippen LogP contribution in [0.2, 0.25) is 0 Å². The fourth-order valence-corrected chi connectivity index (χ4v) is 5.55. The number of aromatic nitrogens is 4. The van der Waals surface area contributed by atoms with Crippen LogP contribution in [0.25, 0.3) is 0 Å². The van der Waals surface area contributed by atoms with E-state index < -0.39 is 0 Å². The van der Waals surface area contributed by atoms with Crippen LogP contribution in [0.3, 0.4) is 0 Å². The Bertz CT molecular complexity index is 1060. The van der Waals surface area contributed by atoms with Crippen LogP contribution in [0.15, 0.2) is 52.9 Å². The standard InChI is InChI=1S/C23H26N6S/c1-15-16(2)25-9-5-19(15)30-21-14-27-20(13-28-21)29-10-6-23(7-11-29)12-18-17(22(23)24)4-3-8-26-18/h3-5,8-9,13-14,22H,6-7,10-12,24H2,1-2H3/t22-/m1/s1. The molecule has 1 fully saturated rings. The molecule has 5 rings (SSSR count). The first kappa shape index (κ1) is 19.5. The van der Waals surface area contributed by atoms with Crippen molar-refractivity contribution >= 4 is 17.6 Å². The second kappa shape index (κ2) is 7.63. The minimum atomic E-state index is 0.0836. The summed E-state index contributed by atoms with van der Waals surface area (Å²) >= 11 is 1.64. The van der Waals surface area contributed by atoms with Crippen LogP contribution < -0.4 is 10.6 Å². The first-order chi connectivity index (χ1) is 14.6. The monoisotopic (exact) mass is 418 g/mol. The lowest BCUT2D eigenvalue weighted by atomic mass is 9.73. The number of hydrogen-bond acceptors (Lipinski definition) is 7. The van der Waals surface area contributed by atoms with Gasteiger partial charge in [-0.25, -0.2) is 9.97 Å². The minimum Gasteiger partial charge on any atom is -0.355 e. The summed E-state index contributed by atoms with van der Waals surface area (Å²) < 4.78 is 0. The van der Waals surface area contributed by atoms with Crippen LogP contribution in [0.4, 0.5) is 5.82 Å². The van der Waals surface area contributed by atoms with Crippen molar-refractivity contribution in [3.63, 3.8) is 0 Å². The van der Waals surface area contributed by atoms with Crippen molar-refractivity contribution in [3.8, 4) is 0 Å². The van der Waals surface area contributed by atoms with Gasteiger partial charge in [-0.15, -0.1) is 0 Å². The zero-order chi connectivity index (χ0) is 20.7. The number of piperidine rings is 1. The van der Waals surface area contributed by atoms with E-state index in [4.69, 9.17) is 10.7 Å². The SMILES string of the molecule is Cc1nccc(Sc2cnc(N3CCC4(CC3)Cc3ncccc3[C@H]4N)cn2)c1C. The summed E-state index contributed by atoms with van der Waals surface area (Å²) in [7, 11) is 0. The van der Waals surface area contributed by atoms with Crippen molar-refractivity contribution in [2.75, 3.05) is 18.0 Å². The molecule has 154 valence electrons. The average molecular weight is 419 g/mol. The predicted molar refractivity (Wildman–Crippen MR) is 119 cm³/mol. The Labute approximate surface area is 181 Å². The van der Waals surface area contributed by atoms with E-state index in [0.717, 1.165) is 48.9 Å². The Hall–Kier alpha value is -2.51. The number of fused-ring (bicyclic) bond motifs is 1. The zero-order valence-electron chi connectivity index (χ0n) is 17.4. The summed E-state index contributed by atoms with van der Waals surface area (Å²) in [6, 6.07) is 6.25. The molecule has 2 aliphatic rings. The lowest BCUT2D eigenvalue weighted by molar-refractivity contribution is 0.186. The number of aryl methyl sites for hydroxylation is 1. The lowest BCUT2D eigenvalue weighted by Crippen LogP contribution is -2.44. The van der Waals surface area contributed by atoms with Gasteiger partial charge in [-0.2, -0.15) is 0 Å². The largest absolute Gasteiger partial charge is 0.355 e. The van der Waals surface area contributed by atoms with Crippen LogP contribution >= 0.6 is 11.8 Å². The number of hydrogen-bond donors (Lipinski definition) is 1. The molecule has 1 aliphatic heterocycles. The van der Waals surface area contributed by atoms with Crippen molar-refractivity contribution in [2.24, 2.45) is 11.1 Å². The minimum absolute atomic E-state index is 0.0836. The third-order valence-electron chi connectivity index (χ3n) is 6.76. The van der Waals surface area contributed by atoms with E-state index >= 15 is 0 Å². The first-order valence-corrected chi connectivity index (χ1v) is 11.2. The molecule has 1 saturated heterocycles. The van der Waals surface area contributed by atoms with Crippen molar-refractivity contribution in [3.05, 3.63) is 65.5 Å². The maximum absolute atomic E-state index is 6.66. The molecule has 3 aromatic rings. The Morgan fingerprint density at radius 2 is 1.87 bits per heavy atom. The quantitative estimate of drug-likeness (QED) is 0.691. The van der Waals surface area contributed by atoms with Gasteiger partial charge in [0.2, 0.25) is 0 Å². The molecule has 0 amide bonds. The normalized spacial score (nSPS) is 19.8. The number of anilines is 1. The van der Waals surface area contributed by atoms with Crippen molar-refractivity contribution in [1.29, 1.82) is 0 Å². The van der Waals surface area contributed by atoms with Crippen LogP contribution in [0, 0.1) is 19.3 Å². The molecule has 0 unspecified atom stereocenters. The van der Waals surface area contributed by atoms with Gasteiger partial charge in [0.15, 0.2) is 0 Å². The highest BCUT2D eigenvalue weighted by Gasteiger charge is 2.46. The fraction of sp³-hybridized carbons (Fsp3) is 0.391. The second-order valence-electron chi connectivity index (χ2n) is 8.38. The summed E-state index contributed by atoms with van der Waals surface area (Å²) in [5.41, 5.74) is 11.4. The van der Waals surface area contributed by atoms with E-state index in [1.54, 1.807) is 11.8 Å². The molecular weight excluding hydrogens is 392 g/mol. The molecule has 0 radical (unpaired) electrons. The first-order valence-electron chi connectivity index (χ1n) is 10.4. The highest BCUT2D eigenvalue weighted by atomic mass is 32.2. The van der Waals surface area contributed by atoms with E-state index in [-0.39, 0.29) is 11.5 Å². The maximum Gasteiger partial charge on any atom is 0.147 e. The van der Waals surface area contributed by atoms with Crippen molar-refractivity contribution in [2.45, 2.75) is 49.1 Å². The van der Waals surface area contributed by atoms with Gasteiger partial charge < -0.3 is 10.6 Å². The lowest BCUT2D eigenvalue weighted by Gasteiger charge is -2.42. The number of pyridine rings is 2. The molecule has 6 nitrogen and oxygen atoms in total. The molecule has 0 aromatic carbocycles. The summed E-state index contributed by atoms with van der Waals surface area (Å²) in [6.45, 7) is 6.02. The molecule has 0 bridgehead atoms. The van der Waals surface area contributed by atoms with Crippen LogP contribution in [-0.4, -0.2) is 33.0 Å². The van der Waals surface area contributed by atoms with Crippen LogP contribution in [0.1, 0.15) is 41.4 Å². The summed E-state index contributed by atoms with van der Waals surface area (Å²) in [5.74, 6) is 0.944. The van der Waals surface area contributed by atoms with Gasteiger partial charge in [0.25, 0.3) is 0 Å². The van der Waals surface area contributed by atoms with E-state index in [0.29, 0.717) is 0 Å². The van der Waals surface area contributed by atoms with Gasteiger partial charge in [0.1, 0.15) is 10.8 Å². The number of nitrogens with two attached hydrogens (primary N) is 1. The van der Waals surface area contributed by atoms with E-state index in [1.165, 1.54) is 21.7 Å². The summed E-state index contributed by atoms with van der Waals surface area (Å²) in [5, 5.41) is 0.903. The van der Waals surface area contributed by atoms with E-state index in [1.807, 2.05) is 43.8 Å². The molecular formula is C23H26N6S. The third kappa shape index (κ3) is 3.36. The molecule has 0 saturated carbocycles. The maximum atomic E-state index is 6.66. The molecule has 7 heteroatoms. The van der Waals surface area contributed by atoms with Gasteiger partial charge in [0.05, 0.1) is 12.4 Å². The second-order valence-corrected chi connectivity index (χ2v) is 9.44. The molecule has 3 aromatic heterocycles. The molecule has 1 spiro atoms. The Kier molecular flexibility index (Phi) is 4.95. The Balaban J connectivity index is 1.26. The average Bonchev–Trinajstić information content (AvgIpc) is 3.04. The van der Waals surface area contributed by atoms with E-state index in [9.17, 15) is 0 Å². The van der Waals surface area contributed by atoms with Gasteiger partial charge in [-0.1, -0.05) is 17.8 Å². The topological polar surface area (TPSA) is 80.8 Å². The van der Waals surface area contributed by atoms with Crippen molar-refractivity contribution < 1.29 is 0 Å².